The first-order valence-corrected chi connectivity index (χ1v) is 19.1. The summed E-state index contributed by atoms with van der Waals surface area (Å²) in [5, 5.41) is 18.0. The van der Waals surface area contributed by atoms with E-state index in [2.05, 4.69) is 16.0 Å². The van der Waals surface area contributed by atoms with Gasteiger partial charge in [0.2, 0.25) is 5.91 Å². The van der Waals surface area contributed by atoms with E-state index < -0.39 is 24.3 Å². The van der Waals surface area contributed by atoms with E-state index in [4.69, 9.17) is 14.2 Å². The summed E-state index contributed by atoms with van der Waals surface area (Å²) in [5.74, 6) is 0.0693. The fourth-order valence-corrected chi connectivity index (χ4v) is 7.32. The lowest BCUT2D eigenvalue weighted by Crippen LogP contribution is -2.47. The summed E-state index contributed by atoms with van der Waals surface area (Å²) >= 11 is 1.69. The summed E-state index contributed by atoms with van der Waals surface area (Å²) in [7, 11) is 1.31. The molecule has 0 unspecified atom stereocenters. The lowest BCUT2D eigenvalue weighted by molar-refractivity contribution is -0.245. The Morgan fingerprint density at radius 3 is 2.20 bits per heavy atom. The molecule has 0 spiro atoms. The number of urea groups is 1. The van der Waals surface area contributed by atoms with E-state index in [9.17, 15) is 19.5 Å². The molecular weight excluding hydrogens is 715 g/mol. The van der Waals surface area contributed by atoms with Crippen LogP contribution in [0.4, 0.5) is 10.5 Å². The SMILES string of the molecule is COC(=O)[C@H](Cc1ccccc1)NC(=O)NCc1ccccc1-c1ccc([C@H]2O[C@@H](CSc3ccc(NC(C)=O)cc3)C[C@@H](c3ccc(CO)cc3)O2)cc1. The normalized spacial score (nSPS) is 17.1. The maximum atomic E-state index is 13.0. The van der Waals surface area contributed by atoms with Crippen molar-refractivity contribution in [3.05, 3.63) is 155 Å². The number of carbonyl (C=O) groups is 3. The highest BCUT2D eigenvalue weighted by molar-refractivity contribution is 7.99. The van der Waals surface area contributed by atoms with Crippen LogP contribution in [0.2, 0.25) is 0 Å². The van der Waals surface area contributed by atoms with Crippen molar-refractivity contribution in [1.29, 1.82) is 0 Å². The van der Waals surface area contributed by atoms with Crippen LogP contribution in [0.1, 0.15) is 53.6 Å². The molecule has 0 aromatic heterocycles. The van der Waals surface area contributed by atoms with Gasteiger partial charge in [-0.3, -0.25) is 4.79 Å². The van der Waals surface area contributed by atoms with Crippen LogP contribution in [0, 0.1) is 0 Å². The molecule has 55 heavy (non-hydrogen) atoms. The second-order valence-corrected chi connectivity index (χ2v) is 14.3. The highest BCUT2D eigenvalue weighted by Crippen LogP contribution is 2.40. The van der Waals surface area contributed by atoms with Gasteiger partial charge in [0.1, 0.15) is 6.04 Å². The minimum Gasteiger partial charge on any atom is -0.467 e. The predicted octanol–water partition coefficient (Wildman–Crippen LogP) is 7.73. The monoisotopic (exact) mass is 759 g/mol. The van der Waals surface area contributed by atoms with Gasteiger partial charge in [0, 0.05) is 48.2 Å². The van der Waals surface area contributed by atoms with Crippen LogP contribution in [-0.4, -0.2) is 48.0 Å². The highest BCUT2D eigenvalue weighted by atomic mass is 32.2. The van der Waals surface area contributed by atoms with Crippen LogP contribution in [0.15, 0.2) is 132 Å². The van der Waals surface area contributed by atoms with Gasteiger partial charge in [0.05, 0.1) is 25.9 Å². The molecule has 4 atom stereocenters. The Bertz CT molecular complexity index is 2030. The van der Waals surface area contributed by atoms with Gasteiger partial charge < -0.3 is 35.3 Å². The lowest BCUT2D eigenvalue weighted by Gasteiger charge is -2.36. The number of aliphatic hydroxyl groups is 1. The van der Waals surface area contributed by atoms with Crippen LogP contribution in [0.5, 0.6) is 0 Å². The Morgan fingerprint density at radius 1 is 0.818 bits per heavy atom. The molecule has 10 nitrogen and oxygen atoms in total. The summed E-state index contributed by atoms with van der Waals surface area (Å²) in [4.78, 5) is 37.9. The molecule has 11 heteroatoms. The topological polar surface area (TPSA) is 135 Å². The van der Waals surface area contributed by atoms with E-state index in [-0.39, 0.29) is 31.3 Å². The number of methoxy groups -OCH3 is 1. The number of hydrogen-bond acceptors (Lipinski definition) is 8. The van der Waals surface area contributed by atoms with E-state index in [1.807, 2.05) is 127 Å². The Labute approximate surface area is 325 Å². The van der Waals surface area contributed by atoms with E-state index in [1.54, 1.807) is 11.8 Å². The summed E-state index contributed by atoms with van der Waals surface area (Å²) in [6.07, 6.45) is 0.0136. The highest BCUT2D eigenvalue weighted by Gasteiger charge is 2.32. The molecular formula is C44H45N3O7S. The quantitative estimate of drug-likeness (QED) is 0.0668. The van der Waals surface area contributed by atoms with Crippen molar-refractivity contribution in [1.82, 2.24) is 10.6 Å². The van der Waals surface area contributed by atoms with Crippen molar-refractivity contribution in [3.8, 4) is 11.1 Å². The number of aliphatic hydroxyl groups excluding tert-OH is 1. The molecule has 0 aliphatic carbocycles. The Balaban J connectivity index is 1.13. The van der Waals surface area contributed by atoms with Crippen LogP contribution in [-0.2, 0) is 43.4 Å². The van der Waals surface area contributed by atoms with Crippen LogP contribution >= 0.6 is 11.8 Å². The number of ether oxygens (including phenoxy) is 3. The molecule has 0 saturated carbocycles. The maximum absolute atomic E-state index is 13.0. The van der Waals surface area contributed by atoms with Crippen molar-refractivity contribution in [3.63, 3.8) is 0 Å². The van der Waals surface area contributed by atoms with Crippen LogP contribution in [0.3, 0.4) is 0 Å². The fourth-order valence-electron chi connectivity index (χ4n) is 6.40. The van der Waals surface area contributed by atoms with Gasteiger partial charge in [-0.05, 0) is 57.6 Å². The number of rotatable bonds is 14. The van der Waals surface area contributed by atoms with Gasteiger partial charge in [-0.2, -0.15) is 0 Å². The van der Waals surface area contributed by atoms with E-state index in [0.29, 0.717) is 18.6 Å². The number of esters is 1. The van der Waals surface area contributed by atoms with Crippen LogP contribution in [0.25, 0.3) is 11.1 Å². The fraction of sp³-hybridized carbons (Fsp3) is 0.250. The number of thioether (sulfide) groups is 1. The predicted molar refractivity (Wildman–Crippen MR) is 213 cm³/mol. The first-order valence-electron chi connectivity index (χ1n) is 18.1. The van der Waals surface area contributed by atoms with Crippen molar-refractivity contribution < 1.29 is 33.7 Å². The third-order valence-electron chi connectivity index (χ3n) is 9.25. The van der Waals surface area contributed by atoms with Gasteiger partial charge in [0.15, 0.2) is 6.29 Å². The standard InChI is InChI=1S/C44H45N3O7S/c1-29(49)46-36-20-22-38(23-21-36)55-28-37-25-41(33-14-12-31(27-48)13-15-33)54-43(53-37)34-18-16-32(17-19-34)39-11-7-6-10-35(39)26-45-44(51)47-40(42(50)52-2)24-30-8-4-3-5-9-30/h3-23,37,40-41,43,48H,24-28H2,1-2H3,(H,46,49)(H2,45,47,51)/t37-,40+,41+,43+/m1/s1. The molecule has 4 N–H and O–H groups in total. The van der Waals surface area contributed by atoms with Gasteiger partial charge in [0.25, 0.3) is 0 Å². The molecule has 0 radical (unpaired) electrons. The van der Waals surface area contributed by atoms with Crippen LogP contribution < -0.4 is 16.0 Å². The van der Waals surface area contributed by atoms with Crippen molar-refractivity contribution in [2.75, 3.05) is 18.2 Å². The van der Waals surface area contributed by atoms with Gasteiger partial charge in [-0.1, -0.05) is 103 Å². The second kappa shape index (κ2) is 19.2. The Hall–Kier alpha value is -5.46. The zero-order valence-electron chi connectivity index (χ0n) is 30.8. The Morgan fingerprint density at radius 2 is 1.51 bits per heavy atom. The second-order valence-electron chi connectivity index (χ2n) is 13.2. The minimum absolute atomic E-state index is 0.0269. The molecule has 1 saturated heterocycles. The number of hydrogen-bond donors (Lipinski definition) is 4. The van der Waals surface area contributed by atoms with Crippen molar-refractivity contribution in [2.45, 2.75) is 62.4 Å². The molecule has 6 rings (SSSR count). The Kier molecular flexibility index (Phi) is 13.7. The number of nitrogens with one attached hydrogen (secondary N) is 3. The first-order chi connectivity index (χ1) is 26.8. The summed E-state index contributed by atoms with van der Waals surface area (Å²) in [6, 6.07) is 39.6. The molecule has 1 fully saturated rings. The summed E-state index contributed by atoms with van der Waals surface area (Å²) in [6.45, 7) is 1.70. The maximum Gasteiger partial charge on any atom is 0.328 e. The summed E-state index contributed by atoms with van der Waals surface area (Å²) < 4.78 is 18.1. The molecule has 1 heterocycles. The van der Waals surface area contributed by atoms with Gasteiger partial charge in [-0.25, -0.2) is 9.59 Å². The molecule has 5 aromatic rings. The molecule has 5 aromatic carbocycles. The first kappa shape index (κ1) is 39.2. The number of benzene rings is 5. The number of amides is 3. The number of anilines is 1. The average molecular weight is 760 g/mol. The minimum atomic E-state index is -0.834. The lowest BCUT2D eigenvalue weighted by atomic mass is 9.98. The van der Waals surface area contributed by atoms with E-state index in [0.717, 1.165) is 49.5 Å². The summed E-state index contributed by atoms with van der Waals surface area (Å²) in [5.41, 5.74) is 7.20. The van der Waals surface area contributed by atoms with Gasteiger partial charge >= 0.3 is 12.0 Å². The average Bonchev–Trinajstić information content (AvgIpc) is 3.22. The molecule has 1 aliphatic heterocycles. The van der Waals surface area contributed by atoms with Crippen molar-refractivity contribution in [2.24, 2.45) is 0 Å². The third kappa shape index (κ3) is 11.1. The van der Waals surface area contributed by atoms with Crippen molar-refractivity contribution >= 4 is 35.4 Å². The molecule has 3 amide bonds. The number of carbonyl (C=O) groups excluding carboxylic acids is 3. The van der Waals surface area contributed by atoms with E-state index in [1.165, 1.54) is 14.0 Å². The zero-order chi connectivity index (χ0) is 38.6. The van der Waals surface area contributed by atoms with E-state index >= 15 is 0 Å². The molecule has 0 bridgehead atoms. The third-order valence-corrected chi connectivity index (χ3v) is 10.4. The smallest absolute Gasteiger partial charge is 0.328 e. The molecule has 284 valence electrons. The largest absolute Gasteiger partial charge is 0.467 e. The van der Waals surface area contributed by atoms with Gasteiger partial charge in [-0.15, -0.1) is 11.8 Å². The molecule has 1 aliphatic rings. The zero-order valence-corrected chi connectivity index (χ0v) is 31.6.